The Balaban J connectivity index is 1.59. The van der Waals surface area contributed by atoms with Crippen molar-refractivity contribution in [2.24, 2.45) is 0 Å². The zero-order valence-corrected chi connectivity index (χ0v) is 15.2. The van der Waals surface area contributed by atoms with E-state index in [0.717, 1.165) is 36.1 Å². The molecule has 3 aromatic rings. The van der Waals surface area contributed by atoms with E-state index in [1.54, 1.807) is 24.4 Å². The van der Waals surface area contributed by atoms with Crippen LogP contribution in [0.5, 0.6) is 0 Å². The van der Waals surface area contributed by atoms with E-state index in [4.69, 9.17) is 0 Å². The van der Waals surface area contributed by atoms with Crippen LogP contribution in [0.3, 0.4) is 0 Å². The summed E-state index contributed by atoms with van der Waals surface area (Å²) in [6.45, 7) is 6.96. The number of pyridine rings is 1. The van der Waals surface area contributed by atoms with Crippen LogP contribution in [0.2, 0.25) is 0 Å². The molecule has 1 saturated heterocycles. The first kappa shape index (κ1) is 18.5. The number of aromatic amines is 1. The lowest BCUT2D eigenvalue weighted by molar-refractivity contribution is -0.140. The van der Waals surface area contributed by atoms with E-state index in [1.807, 2.05) is 11.2 Å². The highest BCUT2D eigenvalue weighted by molar-refractivity contribution is 5.88. The zero-order valence-electron chi connectivity index (χ0n) is 15.2. The van der Waals surface area contributed by atoms with Gasteiger partial charge in [0.25, 0.3) is 0 Å². The van der Waals surface area contributed by atoms with Crippen molar-refractivity contribution in [3.8, 4) is 11.1 Å². The fourth-order valence-electron chi connectivity index (χ4n) is 3.53. The van der Waals surface area contributed by atoms with E-state index in [-0.39, 0.29) is 5.56 Å². The SMILES string of the molecule is C=C(CN1CCCC1)Nc1cc2cc(-c3cn[nH]c3C(F)(F)F)ccc2cn1. The lowest BCUT2D eigenvalue weighted by Crippen LogP contribution is -2.24. The zero-order chi connectivity index (χ0) is 19.7. The van der Waals surface area contributed by atoms with Gasteiger partial charge in [-0.05, 0) is 49.0 Å². The van der Waals surface area contributed by atoms with Gasteiger partial charge in [0.2, 0.25) is 0 Å². The number of nitrogens with one attached hydrogen (secondary N) is 2. The van der Waals surface area contributed by atoms with E-state index in [9.17, 15) is 13.2 Å². The van der Waals surface area contributed by atoms with Crippen LogP contribution in [-0.4, -0.2) is 39.7 Å². The van der Waals surface area contributed by atoms with Crippen molar-refractivity contribution in [3.63, 3.8) is 0 Å². The van der Waals surface area contributed by atoms with Gasteiger partial charge in [-0.2, -0.15) is 18.3 Å². The minimum absolute atomic E-state index is 0.0270. The molecule has 0 saturated carbocycles. The van der Waals surface area contributed by atoms with Crippen LogP contribution in [0.25, 0.3) is 21.9 Å². The molecule has 0 unspecified atom stereocenters. The first-order valence-corrected chi connectivity index (χ1v) is 9.08. The Morgan fingerprint density at radius 2 is 1.93 bits per heavy atom. The molecule has 1 aromatic carbocycles. The monoisotopic (exact) mass is 387 g/mol. The highest BCUT2D eigenvalue weighted by atomic mass is 19.4. The first-order chi connectivity index (χ1) is 13.4. The molecule has 2 aromatic heterocycles. The molecule has 3 heterocycles. The number of benzene rings is 1. The highest BCUT2D eigenvalue weighted by Gasteiger charge is 2.35. The second-order valence-corrected chi connectivity index (χ2v) is 7.00. The fourth-order valence-corrected chi connectivity index (χ4v) is 3.53. The number of rotatable bonds is 5. The fraction of sp³-hybridized carbons (Fsp3) is 0.300. The smallest absolute Gasteiger partial charge is 0.343 e. The molecule has 5 nitrogen and oxygen atoms in total. The van der Waals surface area contributed by atoms with E-state index >= 15 is 0 Å². The molecule has 1 fully saturated rings. The third kappa shape index (κ3) is 3.87. The largest absolute Gasteiger partial charge is 0.433 e. The summed E-state index contributed by atoms with van der Waals surface area (Å²) < 4.78 is 39.5. The van der Waals surface area contributed by atoms with Crippen LogP contribution in [-0.2, 0) is 6.18 Å². The summed E-state index contributed by atoms with van der Waals surface area (Å²) in [5.74, 6) is 0.622. The van der Waals surface area contributed by atoms with Crippen molar-refractivity contribution in [2.75, 3.05) is 25.0 Å². The molecule has 2 N–H and O–H groups in total. The number of hydrogen-bond acceptors (Lipinski definition) is 4. The summed E-state index contributed by atoms with van der Waals surface area (Å²) in [6, 6.07) is 6.93. The normalized spacial score (nSPS) is 15.2. The number of H-pyrrole nitrogens is 1. The van der Waals surface area contributed by atoms with Gasteiger partial charge in [-0.15, -0.1) is 0 Å². The summed E-state index contributed by atoms with van der Waals surface area (Å²) in [5.41, 5.74) is 0.470. The minimum atomic E-state index is -4.49. The van der Waals surface area contributed by atoms with Gasteiger partial charge >= 0.3 is 6.18 Å². The average molecular weight is 387 g/mol. The summed E-state index contributed by atoms with van der Waals surface area (Å²) in [5, 5.41) is 10.5. The lowest BCUT2D eigenvalue weighted by atomic mass is 10.0. The molecular weight excluding hydrogens is 367 g/mol. The van der Waals surface area contributed by atoms with Crippen LogP contribution >= 0.6 is 0 Å². The van der Waals surface area contributed by atoms with Crippen molar-refractivity contribution >= 4 is 16.6 Å². The first-order valence-electron chi connectivity index (χ1n) is 9.08. The summed E-state index contributed by atoms with van der Waals surface area (Å²) in [4.78, 5) is 6.71. The topological polar surface area (TPSA) is 56.8 Å². The molecule has 0 spiro atoms. The number of hydrogen-bond donors (Lipinski definition) is 2. The molecule has 8 heteroatoms. The van der Waals surface area contributed by atoms with Gasteiger partial charge in [-0.1, -0.05) is 18.7 Å². The van der Waals surface area contributed by atoms with Crippen molar-refractivity contribution in [3.05, 3.63) is 54.6 Å². The van der Waals surface area contributed by atoms with Gasteiger partial charge in [0, 0.05) is 29.4 Å². The van der Waals surface area contributed by atoms with Crippen molar-refractivity contribution in [1.29, 1.82) is 0 Å². The number of alkyl halides is 3. The molecule has 28 heavy (non-hydrogen) atoms. The Kier molecular flexibility index (Phi) is 4.80. The molecule has 1 aliphatic heterocycles. The van der Waals surface area contributed by atoms with Gasteiger partial charge in [0.15, 0.2) is 0 Å². The Labute approximate surface area is 160 Å². The predicted molar refractivity (Wildman–Crippen MR) is 103 cm³/mol. The summed E-state index contributed by atoms with van der Waals surface area (Å²) in [6.07, 6.45) is 0.822. The second-order valence-electron chi connectivity index (χ2n) is 7.00. The molecule has 1 aliphatic rings. The number of halogens is 3. The summed E-state index contributed by atoms with van der Waals surface area (Å²) >= 11 is 0. The van der Waals surface area contributed by atoms with Crippen molar-refractivity contribution in [1.82, 2.24) is 20.1 Å². The highest BCUT2D eigenvalue weighted by Crippen LogP contribution is 2.36. The van der Waals surface area contributed by atoms with Crippen molar-refractivity contribution < 1.29 is 13.2 Å². The second kappa shape index (κ2) is 7.27. The average Bonchev–Trinajstić information content (AvgIpc) is 3.32. The van der Waals surface area contributed by atoms with Crippen LogP contribution in [0.4, 0.5) is 19.0 Å². The van der Waals surface area contributed by atoms with Gasteiger partial charge in [0.1, 0.15) is 11.5 Å². The minimum Gasteiger partial charge on any atom is -0.343 e. The predicted octanol–water partition coefficient (Wildman–Crippen LogP) is 4.67. The van der Waals surface area contributed by atoms with E-state index < -0.39 is 11.9 Å². The van der Waals surface area contributed by atoms with E-state index in [1.165, 1.54) is 19.0 Å². The number of nitrogens with zero attached hydrogens (tertiary/aromatic N) is 3. The Hall–Kier alpha value is -2.87. The molecule has 0 bridgehead atoms. The Bertz CT molecular complexity index is 1000. The van der Waals surface area contributed by atoms with Gasteiger partial charge in [-0.3, -0.25) is 10.00 Å². The molecule has 4 rings (SSSR count). The molecule has 146 valence electrons. The number of aromatic nitrogens is 3. The van der Waals surface area contributed by atoms with Gasteiger partial charge < -0.3 is 5.32 Å². The molecule has 0 amide bonds. The quantitative estimate of drug-likeness (QED) is 0.668. The maximum atomic E-state index is 13.2. The lowest BCUT2D eigenvalue weighted by Gasteiger charge is -2.17. The number of fused-ring (bicyclic) bond motifs is 1. The van der Waals surface area contributed by atoms with Gasteiger partial charge in [-0.25, -0.2) is 4.98 Å². The third-order valence-corrected chi connectivity index (χ3v) is 4.87. The Morgan fingerprint density at radius 1 is 1.14 bits per heavy atom. The van der Waals surface area contributed by atoms with E-state index in [2.05, 4.69) is 26.9 Å². The molecule has 0 radical (unpaired) electrons. The van der Waals surface area contributed by atoms with Crippen molar-refractivity contribution in [2.45, 2.75) is 19.0 Å². The molecular formula is C20H20F3N5. The maximum Gasteiger partial charge on any atom is 0.433 e. The summed E-state index contributed by atoms with van der Waals surface area (Å²) in [7, 11) is 0. The standard InChI is InChI=1S/C20H20F3N5/c1-13(12-28-6-2-3-7-28)26-18-9-16-8-14(4-5-15(16)10-24-18)17-11-25-27-19(17)20(21,22)23/h4-5,8-11H,1-3,6-7,12H2,(H,24,26)(H,25,27). The molecule has 0 atom stereocenters. The van der Waals surface area contributed by atoms with Crippen LogP contribution < -0.4 is 5.32 Å². The Morgan fingerprint density at radius 3 is 2.68 bits per heavy atom. The number of anilines is 1. The van der Waals surface area contributed by atoms with E-state index in [0.29, 0.717) is 11.4 Å². The molecule has 0 aliphatic carbocycles. The van der Waals surface area contributed by atoms with Crippen LogP contribution in [0.1, 0.15) is 18.5 Å². The van der Waals surface area contributed by atoms with Crippen LogP contribution in [0, 0.1) is 0 Å². The maximum absolute atomic E-state index is 13.2. The number of likely N-dealkylation sites (tertiary alicyclic amines) is 1. The van der Waals surface area contributed by atoms with Crippen LogP contribution in [0.15, 0.2) is 48.9 Å². The third-order valence-electron chi connectivity index (χ3n) is 4.87. The van der Waals surface area contributed by atoms with Gasteiger partial charge in [0.05, 0.1) is 6.20 Å².